The van der Waals surface area contributed by atoms with Crippen LogP contribution in [-0.2, 0) is 16.0 Å². The van der Waals surface area contributed by atoms with E-state index in [1.807, 2.05) is 24.3 Å². The maximum Gasteiger partial charge on any atom is 0.260 e. The number of thiophene rings is 1. The Morgan fingerprint density at radius 2 is 2.06 bits per heavy atom. The van der Waals surface area contributed by atoms with Gasteiger partial charge in [0.15, 0.2) is 11.6 Å². The second kappa shape index (κ2) is 11.0. The van der Waals surface area contributed by atoms with Crippen molar-refractivity contribution in [3.8, 4) is 0 Å². The minimum absolute atomic E-state index is 0.0200. The van der Waals surface area contributed by atoms with Gasteiger partial charge in [0, 0.05) is 12.1 Å². The molecule has 0 aliphatic rings. The zero-order chi connectivity index (χ0) is 22.9. The lowest BCUT2D eigenvalue weighted by Gasteiger charge is -2.04. The van der Waals surface area contributed by atoms with Crippen LogP contribution in [-0.4, -0.2) is 28.8 Å². The molecule has 1 aromatic carbocycles. The number of para-hydroxylation sites is 1. The number of aromatic amines is 1. The minimum Gasteiger partial charge on any atom is -0.497 e. The fourth-order valence-corrected chi connectivity index (χ4v) is 3.95. The van der Waals surface area contributed by atoms with Crippen molar-refractivity contribution >= 4 is 38.9 Å². The Kier molecular flexibility index (Phi) is 7.88. The van der Waals surface area contributed by atoms with E-state index in [1.165, 1.54) is 11.3 Å². The van der Waals surface area contributed by atoms with Crippen LogP contribution in [0.2, 0.25) is 0 Å². The van der Waals surface area contributed by atoms with Gasteiger partial charge in [-0.05, 0) is 41.6 Å². The Balaban J connectivity index is 1.68. The van der Waals surface area contributed by atoms with Crippen LogP contribution in [0.25, 0.3) is 10.2 Å². The zero-order valence-electron chi connectivity index (χ0n) is 17.6. The van der Waals surface area contributed by atoms with E-state index in [0.717, 1.165) is 0 Å². The minimum atomic E-state index is -0.423. The molecule has 7 nitrogen and oxygen atoms in total. The normalized spacial score (nSPS) is 11.6. The van der Waals surface area contributed by atoms with E-state index in [1.54, 1.807) is 42.9 Å². The molecule has 0 fully saturated rings. The first-order chi connectivity index (χ1) is 15.5. The second-order valence-corrected chi connectivity index (χ2v) is 7.68. The summed E-state index contributed by atoms with van der Waals surface area (Å²) in [4.78, 5) is 44.8. The van der Waals surface area contributed by atoms with Gasteiger partial charge in [-0.15, -0.1) is 11.3 Å². The number of ketones is 1. The quantitative estimate of drug-likeness (QED) is 0.271. The van der Waals surface area contributed by atoms with Crippen LogP contribution in [0.3, 0.4) is 0 Å². The summed E-state index contributed by atoms with van der Waals surface area (Å²) in [6.07, 6.45) is 7.57. The topological polar surface area (TPSA) is 101 Å². The van der Waals surface area contributed by atoms with Gasteiger partial charge in [-0.2, -0.15) is 0 Å². The number of nitrogens with one attached hydrogen (secondary N) is 2. The molecule has 2 heterocycles. The molecule has 0 unspecified atom stereocenters. The molecule has 2 aromatic heterocycles. The maximum absolute atomic E-state index is 12.6. The van der Waals surface area contributed by atoms with Gasteiger partial charge < -0.3 is 15.0 Å². The summed E-state index contributed by atoms with van der Waals surface area (Å²) in [6.45, 7) is 3.61. The highest BCUT2D eigenvalue weighted by molar-refractivity contribution is 7.16. The molecule has 3 rings (SSSR count). The number of H-pyrrole nitrogens is 1. The molecule has 0 radical (unpaired) electrons. The largest absolute Gasteiger partial charge is 0.497 e. The molecule has 3 aromatic rings. The van der Waals surface area contributed by atoms with Gasteiger partial charge in [-0.25, -0.2) is 4.98 Å². The van der Waals surface area contributed by atoms with Gasteiger partial charge in [0.2, 0.25) is 5.91 Å². The summed E-state index contributed by atoms with van der Waals surface area (Å²) in [5, 5.41) is 4.87. The maximum atomic E-state index is 12.6. The van der Waals surface area contributed by atoms with Gasteiger partial charge in [-0.1, -0.05) is 36.9 Å². The van der Waals surface area contributed by atoms with Gasteiger partial charge in [0.05, 0.1) is 18.9 Å². The second-order valence-electron chi connectivity index (χ2n) is 6.82. The number of anilines is 1. The molecule has 0 spiro atoms. The Morgan fingerprint density at radius 1 is 1.28 bits per heavy atom. The lowest BCUT2D eigenvalue weighted by molar-refractivity contribution is -0.115. The van der Waals surface area contributed by atoms with Crippen LogP contribution in [0.4, 0.5) is 5.69 Å². The molecule has 0 aliphatic carbocycles. The molecule has 164 valence electrons. The van der Waals surface area contributed by atoms with Crippen molar-refractivity contribution in [3.63, 3.8) is 0 Å². The van der Waals surface area contributed by atoms with E-state index in [2.05, 4.69) is 21.9 Å². The predicted octanol–water partition coefficient (Wildman–Crippen LogP) is 4.40. The summed E-state index contributed by atoms with van der Waals surface area (Å²) < 4.78 is 5.14. The third-order valence-electron chi connectivity index (χ3n) is 4.53. The van der Waals surface area contributed by atoms with E-state index in [-0.39, 0.29) is 30.4 Å². The summed E-state index contributed by atoms with van der Waals surface area (Å²) in [7, 11) is 1.55. The number of fused-ring (bicyclic) bond motifs is 1. The van der Waals surface area contributed by atoms with Crippen molar-refractivity contribution in [2.45, 2.75) is 19.3 Å². The smallest absolute Gasteiger partial charge is 0.260 e. The van der Waals surface area contributed by atoms with Crippen LogP contribution in [0.5, 0.6) is 0 Å². The summed E-state index contributed by atoms with van der Waals surface area (Å²) in [5.41, 5.74) is 0.840. The number of ether oxygens (including phenoxy) is 1. The number of Topliss-reactive ketones (excluding diaryl/α,β-unsaturated/α-hetero) is 1. The number of amides is 1. The molecular formula is C24H23N3O4S. The molecule has 0 saturated heterocycles. The lowest BCUT2D eigenvalue weighted by Crippen LogP contribution is -2.18. The third-order valence-corrected chi connectivity index (χ3v) is 5.45. The monoisotopic (exact) mass is 449 g/mol. The van der Waals surface area contributed by atoms with E-state index in [4.69, 9.17) is 4.74 Å². The fraction of sp³-hybridized carbons (Fsp3) is 0.167. The third kappa shape index (κ3) is 5.89. The van der Waals surface area contributed by atoms with E-state index < -0.39 is 5.56 Å². The van der Waals surface area contributed by atoms with Crippen molar-refractivity contribution in [1.29, 1.82) is 0 Å². The van der Waals surface area contributed by atoms with Gasteiger partial charge in [-0.3, -0.25) is 14.4 Å². The number of carbonyl (C=O) groups excluding carboxylic acids is 2. The first-order valence-corrected chi connectivity index (χ1v) is 10.8. The SMILES string of the molecule is C=C/C=C(\C=C\CCC(=O)c1nc2scc(CC(=O)Nc3ccccc3)c2c(=O)[nH]1)OC. The Bertz CT molecular complexity index is 1240. The number of nitrogens with zero attached hydrogens (tertiary/aromatic N) is 1. The van der Waals surface area contributed by atoms with E-state index >= 15 is 0 Å². The number of hydrogen-bond acceptors (Lipinski definition) is 6. The summed E-state index contributed by atoms with van der Waals surface area (Å²) in [6, 6.07) is 9.09. The highest BCUT2D eigenvalue weighted by Crippen LogP contribution is 2.22. The highest BCUT2D eigenvalue weighted by Gasteiger charge is 2.17. The fourth-order valence-electron chi connectivity index (χ4n) is 3.01. The van der Waals surface area contributed by atoms with Gasteiger partial charge >= 0.3 is 0 Å². The molecule has 2 N–H and O–H groups in total. The molecule has 8 heteroatoms. The molecule has 32 heavy (non-hydrogen) atoms. The van der Waals surface area contributed by atoms with Crippen molar-refractivity contribution < 1.29 is 14.3 Å². The number of aromatic nitrogens is 2. The van der Waals surface area contributed by atoms with Crippen molar-refractivity contribution in [2.24, 2.45) is 0 Å². The van der Waals surface area contributed by atoms with Crippen LogP contribution >= 0.6 is 11.3 Å². The summed E-state index contributed by atoms with van der Waals surface area (Å²) >= 11 is 1.24. The van der Waals surface area contributed by atoms with Gasteiger partial charge in [0.25, 0.3) is 5.56 Å². The Morgan fingerprint density at radius 3 is 2.78 bits per heavy atom. The highest BCUT2D eigenvalue weighted by atomic mass is 32.1. The first-order valence-electron chi connectivity index (χ1n) is 9.93. The van der Waals surface area contributed by atoms with Crippen LogP contribution in [0, 0.1) is 0 Å². The number of rotatable bonds is 10. The molecular weight excluding hydrogens is 426 g/mol. The standard InChI is InChI=1S/C24H23N3O4S/c1-3-9-18(31-2)12-7-8-13-19(28)22-26-23(30)21-16(15-32-24(21)27-22)14-20(29)25-17-10-5-4-6-11-17/h3-7,9-12,15H,1,8,13-14H2,2H3,(H,25,29)(H,26,27,30)/b12-7+,18-9+. The molecule has 0 atom stereocenters. The molecule has 1 amide bonds. The van der Waals surface area contributed by atoms with Crippen LogP contribution in [0.15, 0.2) is 77.1 Å². The molecule has 0 bridgehead atoms. The first kappa shape index (κ1) is 22.9. The molecule has 0 saturated carbocycles. The molecule has 0 aliphatic heterocycles. The van der Waals surface area contributed by atoms with Crippen molar-refractivity contribution in [2.75, 3.05) is 12.4 Å². The number of hydrogen-bond donors (Lipinski definition) is 2. The van der Waals surface area contributed by atoms with E-state index in [0.29, 0.717) is 33.6 Å². The predicted molar refractivity (Wildman–Crippen MR) is 127 cm³/mol. The number of methoxy groups -OCH3 is 1. The van der Waals surface area contributed by atoms with Crippen LogP contribution in [0.1, 0.15) is 29.0 Å². The summed E-state index contributed by atoms with van der Waals surface area (Å²) in [5.74, 6) is 0.148. The Labute approximate surface area is 189 Å². The van der Waals surface area contributed by atoms with Crippen molar-refractivity contribution in [3.05, 3.63) is 94.1 Å². The Hall–Kier alpha value is -3.78. The lowest BCUT2D eigenvalue weighted by atomic mass is 10.1. The number of allylic oxidation sites excluding steroid dienone is 4. The zero-order valence-corrected chi connectivity index (χ0v) is 18.4. The van der Waals surface area contributed by atoms with Crippen molar-refractivity contribution in [1.82, 2.24) is 9.97 Å². The van der Waals surface area contributed by atoms with Crippen LogP contribution < -0.4 is 10.9 Å². The van der Waals surface area contributed by atoms with Gasteiger partial charge in [0.1, 0.15) is 10.6 Å². The van der Waals surface area contributed by atoms with E-state index in [9.17, 15) is 14.4 Å². The average molecular weight is 450 g/mol. The number of carbonyl (C=O) groups is 2. The average Bonchev–Trinajstić information content (AvgIpc) is 3.19. The number of benzene rings is 1.